The van der Waals surface area contributed by atoms with Crippen molar-refractivity contribution < 1.29 is 23.9 Å². The molecule has 0 spiro atoms. The third kappa shape index (κ3) is 4.96. The van der Waals surface area contributed by atoms with E-state index in [0.717, 1.165) is 40.1 Å². The van der Waals surface area contributed by atoms with Gasteiger partial charge in [0.25, 0.3) is 0 Å². The lowest BCUT2D eigenvalue weighted by molar-refractivity contribution is -0.126. The van der Waals surface area contributed by atoms with Gasteiger partial charge in [0.15, 0.2) is 5.78 Å². The van der Waals surface area contributed by atoms with E-state index in [9.17, 15) is 19.6 Å². The lowest BCUT2D eigenvalue weighted by Gasteiger charge is -2.35. The Morgan fingerprint density at radius 2 is 2.00 bits per heavy atom. The van der Waals surface area contributed by atoms with Gasteiger partial charge in [-0.2, -0.15) is 5.26 Å². The summed E-state index contributed by atoms with van der Waals surface area (Å²) in [6.45, 7) is 9.24. The van der Waals surface area contributed by atoms with Crippen LogP contribution >= 0.6 is 11.3 Å². The summed E-state index contributed by atoms with van der Waals surface area (Å²) in [5.74, 6) is -0.701. The molecular formula is C30H34N2O5S. The zero-order chi connectivity index (χ0) is 27.4. The van der Waals surface area contributed by atoms with E-state index in [1.165, 1.54) is 0 Å². The van der Waals surface area contributed by atoms with Crippen molar-refractivity contribution in [3.63, 3.8) is 0 Å². The second kappa shape index (κ2) is 9.53. The molecule has 5 rings (SSSR count). The standard InChI is InChI=1S/C30H34N2O5S/c1-29(2,3)37-28(35)32-20-8-6-19(14-20)26(32)24(33)13-17(16-31)12-21-9-11-25(38-21)18-7-10-23-22(15-18)27(34)36-30(23,4)5/h7,9-11,15,17,19-20,26H,6,8,12-14H2,1-5H3/t17-,19+,20-,26+/m1/s1. The van der Waals surface area contributed by atoms with Crippen LogP contribution in [-0.4, -0.2) is 40.4 Å². The van der Waals surface area contributed by atoms with Crippen molar-refractivity contribution in [1.82, 2.24) is 4.90 Å². The Kier molecular flexibility index (Phi) is 6.63. The molecule has 2 aromatic rings. The maximum Gasteiger partial charge on any atom is 0.411 e. The number of likely N-dealkylation sites (tertiary alicyclic amines) is 1. The van der Waals surface area contributed by atoms with Crippen LogP contribution in [0.15, 0.2) is 30.3 Å². The Hall–Kier alpha value is -3.18. The average molecular weight is 535 g/mol. The minimum absolute atomic E-state index is 0.0411. The number of carbonyl (C=O) groups is 3. The van der Waals surface area contributed by atoms with Crippen LogP contribution in [0.4, 0.5) is 4.79 Å². The van der Waals surface area contributed by atoms with Crippen molar-refractivity contribution >= 4 is 29.2 Å². The van der Waals surface area contributed by atoms with Crippen molar-refractivity contribution in [2.45, 2.75) is 90.0 Å². The number of rotatable bonds is 6. The molecule has 8 heteroatoms. The van der Waals surface area contributed by atoms with Crippen LogP contribution in [-0.2, 0) is 26.3 Å². The quantitative estimate of drug-likeness (QED) is 0.407. The highest BCUT2D eigenvalue weighted by atomic mass is 32.1. The molecule has 2 fully saturated rings. The zero-order valence-electron chi connectivity index (χ0n) is 22.6. The number of carbonyl (C=O) groups excluding carboxylic acids is 3. The second-order valence-corrected chi connectivity index (χ2v) is 13.4. The van der Waals surface area contributed by atoms with Gasteiger partial charge in [-0.15, -0.1) is 11.3 Å². The van der Waals surface area contributed by atoms with Crippen molar-refractivity contribution in [1.29, 1.82) is 5.26 Å². The Balaban J connectivity index is 1.27. The molecule has 3 aliphatic rings. The molecule has 1 aromatic carbocycles. The van der Waals surface area contributed by atoms with Gasteiger partial charge in [0, 0.05) is 27.8 Å². The number of piperidine rings is 1. The van der Waals surface area contributed by atoms with Gasteiger partial charge in [-0.05, 0) is 90.0 Å². The van der Waals surface area contributed by atoms with E-state index in [-0.39, 0.29) is 30.1 Å². The highest BCUT2D eigenvalue weighted by Gasteiger charge is 2.52. The first-order valence-corrected chi connectivity index (χ1v) is 14.1. The lowest BCUT2D eigenvalue weighted by Crippen LogP contribution is -2.51. The number of Topliss-reactive ketones (excluding diaryl/α,β-unsaturated/α-hetero) is 1. The molecule has 4 atom stereocenters. The summed E-state index contributed by atoms with van der Waals surface area (Å²) < 4.78 is 11.1. The number of ketones is 1. The highest BCUT2D eigenvalue weighted by molar-refractivity contribution is 7.15. The fraction of sp³-hybridized carbons (Fsp3) is 0.533. The molecule has 3 heterocycles. The maximum absolute atomic E-state index is 13.5. The normalized spacial score (nSPS) is 24.1. The van der Waals surface area contributed by atoms with Crippen molar-refractivity contribution in [3.8, 4) is 16.5 Å². The van der Waals surface area contributed by atoms with Crippen LogP contribution in [0.1, 0.15) is 81.1 Å². The number of thiophene rings is 1. The number of nitriles is 1. The molecule has 2 bridgehead atoms. The average Bonchev–Trinajstić information content (AvgIpc) is 3.61. The number of benzene rings is 1. The van der Waals surface area contributed by atoms with E-state index < -0.39 is 29.3 Å². The Morgan fingerprint density at radius 1 is 1.24 bits per heavy atom. The number of esters is 1. The Morgan fingerprint density at radius 3 is 2.71 bits per heavy atom. The van der Waals surface area contributed by atoms with Crippen molar-refractivity contribution in [3.05, 3.63) is 46.3 Å². The molecular weight excluding hydrogens is 500 g/mol. The summed E-state index contributed by atoms with van der Waals surface area (Å²) in [7, 11) is 0. The van der Waals surface area contributed by atoms with E-state index in [4.69, 9.17) is 9.47 Å². The number of nitrogens with zero attached hydrogens (tertiary/aromatic N) is 2. The summed E-state index contributed by atoms with van der Waals surface area (Å²) in [5, 5.41) is 9.89. The largest absolute Gasteiger partial charge is 0.451 e. The smallest absolute Gasteiger partial charge is 0.411 e. The van der Waals surface area contributed by atoms with Gasteiger partial charge >= 0.3 is 12.1 Å². The van der Waals surface area contributed by atoms with Gasteiger partial charge in [-0.3, -0.25) is 9.69 Å². The molecule has 7 nitrogen and oxygen atoms in total. The predicted octanol–water partition coefficient (Wildman–Crippen LogP) is 6.25. The van der Waals surface area contributed by atoms with Gasteiger partial charge in [0.05, 0.1) is 23.6 Å². The van der Waals surface area contributed by atoms with E-state index in [1.807, 2.05) is 65.0 Å². The molecule has 0 radical (unpaired) electrons. The van der Waals surface area contributed by atoms with Crippen LogP contribution in [0.5, 0.6) is 0 Å². The fourth-order valence-electron chi connectivity index (χ4n) is 6.13. The molecule has 1 saturated carbocycles. The number of hydrogen-bond donors (Lipinski definition) is 0. The SMILES string of the molecule is CC(C)(C)OC(=O)N1[C@@H]2CC[C@@H](C2)[C@H]1C(=O)C[C@H](C#N)Cc1ccc(-c2ccc3c(c2)C(=O)OC3(C)C)s1. The van der Waals surface area contributed by atoms with Gasteiger partial charge < -0.3 is 9.47 Å². The molecule has 0 unspecified atom stereocenters. The van der Waals surface area contributed by atoms with Crippen molar-refractivity contribution in [2.75, 3.05) is 0 Å². The van der Waals surface area contributed by atoms with Crippen LogP contribution in [0, 0.1) is 23.2 Å². The highest BCUT2D eigenvalue weighted by Crippen LogP contribution is 2.44. The number of cyclic esters (lactones) is 1. The topological polar surface area (TPSA) is 96.7 Å². The molecule has 200 valence electrons. The van der Waals surface area contributed by atoms with E-state index in [0.29, 0.717) is 12.0 Å². The lowest BCUT2D eigenvalue weighted by atomic mass is 9.89. The molecule has 1 aliphatic carbocycles. The number of ether oxygens (including phenoxy) is 2. The monoisotopic (exact) mass is 534 g/mol. The molecule has 1 saturated heterocycles. The Labute approximate surface area is 227 Å². The van der Waals surface area contributed by atoms with E-state index >= 15 is 0 Å². The molecule has 0 N–H and O–H groups in total. The van der Waals surface area contributed by atoms with E-state index in [2.05, 4.69) is 6.07 Å². The predicted molar refractivity (Wildman–Crippen MR) is 144 cm³/mol. The summed E-state index contributed by atoms with van der Waals surface area (Å²) in [5.41, 5.74) is 1.13. The first-order chi connectivity index (χ1) is 17.9. The van der Waals surface area contributed by atoms with Crippen molar-refractivity contribution in [2.24, 2.45) is 11.8 Å². The molecule has 38 heavy (non-hydrogen) atoms. The van der Waals surface area contributed by atoms with Gasteiger partial charge in [0.2, 0.25) is 0 Å². The molecule has 1 amide bonds. The number of fused-ring (bicyclic) bond motifs is 3. The van der Waals surface area contributed by atoms with Crippen LogP contribution in [0.3, 0.4) is 0 Å². The zero-order valence-corrected chi connectivity index (χ0v) is 23.4. The number of amides is 1. The fourth-order valence-corrected chi connectivity index (χ4v) is 7.21. The third-order valence-corrected chi connectivity index (χ3v) is 8.94. The third-order valence-electron chi connectivity index (χ3n) is 7.78. The second-order valence-electron chi connectivity index (χ2n) is 12.2. The first kappa shape index (κ1) is 26.4. The van der Waals surface area contributed by atoms with Crippen LogP contribution in [0.2, 0.25) is 0 Å². The van der Waals surface area contributed by atoms with Gasteiger partial charge in [-0.1, -0.05) is 12.1 Å². The summed E-state index contributed by atoms with van der Waals surface area (Å²) in [6.07, 6.45) is 2.78. The van der Waals surface area contributed by atoms with Crippen LogP contribution < -0.4 is 0 Å². The summed E-state index contributed by atoms with van der Waals surface area (Å²) in [4.78, 5) is 42.4. The minimum atomic E-state index is -0.631. The molecule has 2 aliphatic heterocycles. The Bertz CT molecular complexity index is 1330. The van der Waals surface area contributed by atoms with Gasteiger partial charge in [-0.25, -0.2) is 9.59 Å². The van der Waals surface area contributed by atoms with E-state index in [1.54, 1.807) is 16.2 Å². The molecule has 1 aromatic heterocycles. The maximum atomic E-state index is 13.5. The summed E-state index contributed by atoms with van der Waals surface area (Å²) in [6, 6.07) is 11.6. The minimum Gasteiger partial charge on any atom is -0.451 e. The van der Waals surface area contributed by atoms with Gasteiger partial charge in [0.1, 0.15) is 11.2 Å². The first-order valence-electron chi connectivity index (χ1n) is 13.3. The number of hydrogen-bond acceptors (Lipinski definition) is 7. The van der Waals surface area contributed by atoms with Crippen LogP contribution in [0.25, 0.3) is 10.4 Å². The summed E-state index contributed by atoms with van der Waals surface area (Å²) >= 11 is 1.56.